The molecule has 0 radical (unpaired) electrons. The SMILES string of the molecule is c1ccc2c(c1)c1ccccc1n2CCCCCn1ccnc1. The summed E-state index contributed by atoms with van der Waals surface area (Å²) in [6.07, 6.45) is 9.42. The molecule has 2 aromatic carbocycles. The Hall–Kier alpha value is -2.55. The molecular formula is C20H21N3. The van der Waals surface area contributed by atoms with Crippen LogP contribution in [0.5, 0.6) is 0 Å². The monoisotopic (exact) mass is 303 g/mol. The van der Waals surface area contributed by atoms with Crippen LogP contribution in [0.4, 0.5) is 0 Å². The number of aromatic nitrogens is 3. The van der Waals surface area contributed by atoms with Crippen molar-refractivity contribution in [1.82, 2.24) is 14.1 Å². The van der Waals surface area contributed by atoms with Gasteiger partial charge in [-0.2, -0.15) is 0 Å². The zero-order valence-electron chi connectivity index (χ0n) is 13.2. The number of aryl methyl sites for hydroxylation is 2. The lowest BCUT2D eigenvalue weighted by Gasteiger charge is -2.08. The van der Waals surface area contributed by atoms with Crippen molar-refractivity contribution in [3.8, 4) is 0 Å². The van der Waals surface area contributed by atoms with Crippen LogP contribution in [0, 0.1) is 0 Å². The van der Waals surface area contributed by atoms with Crippen molar-refractivity contribution in [1.29, 1.82) is 0 Å². The van der Waals surface area contributed by atoms with E-state index in [0.29, 0.717) is 0 Å². The van der Waals surface area contributed by atoms with Crippen LogP contribution in [0.3, 0.4) is 0 Å². The molecule has 116 valence electrons. The minimum atomic E-state index is 1.06. The van der Waals surface area contributed by atoms with Crippen LogP contribution >= 0.6 is 0 Å². The van der Waals surface area contributed by atoms with Crippen LogP contribution in [0.25, 0.3) is 21.8 Å². The van der Waals surface area contributed by atoms with Crippen molar-refractivity contribution in [3.05, 3.63) is 67.3 Å². The Balaban J connectivity index is 1.49. The van der Waals surface area contributed by atoms with Crippen LogP contribution < -0.4 is 0 Å². The number of fused-ring (bicyclic) bond motifs is 3. The van der Waals surface area contributed by atoms with Crippen molar-refractivity contribution in [3.63, 3.8) is 0 Å². The summed E-state index contributed by atoms with van der Waals surface area (Å²) in [6.45, 7) is 2.14. The van der Waals surface area contributed by atoms with Crippen molar-refractivity contribution < 1.29 is 0 Å². The highest BCUT2D eigenvalue weighted by molar-refractivity contribution is 6.07. The fourth-order valence-corrected chi connectivity index (χ4v) is 3.40. The molecule has 23 heavy (non-hydrogen) atoms. The van der Waals surface area contributed by atoms with Gasteiger partial charge in [-0.25, -0.2) is 4.98 Å². The predicted octanol–water partition coefficient (Wildman–Crippen LogP) is 4.86. The average molecular weight is 303 g/mol. The average Bonchev–Trinajstić information content (AvgIpc) is 3.22. The van der Waals surface area contributed by atoms with E-state index in [4.69, 9.17) is 0 Å². The zero-order valence-corrected chi connectivity index (χ0v) is 13.2. The number of hydrogen-bond acceptors (Lipinski definition) is 1. The molecule has 0 bridgehead atoms. The first-order chi connectivity index (χ1) is 11.4. The lowest BCUT2D eigenvalue weighted by molar-refractivity contribution is 0.556. The van der Waals surface area contributed by atoms with E-state index in [0.717, 1.165) is 13.1 Å². The summed E-state index contributed by atoms with van der Waals surface area (Å²) in [5, 5.41) is 2.73. The van der Waals surface area contributed by atoms with Gasteiger partial charge in [0, 0.05) is 47.3 Å². The smallest absolute Gasteiger partial charge is 0.0945 e. The highest BCUT2D eigenvalue weighted by Gasteiger charge is 2.08. The molecule has 2 heterocycles. The molecule has 0 atom stereocenters. The highest BCUT2D eigenvalue weighted by atomic mass is 15.0. The second-order valence-corrected chi connectivity index (χ2v) is 6.05. The van der Waals surface area contributed by atoms with Crippen molar-refractivity contribution in [2.24, 2.45) is 0 Å². The second kappa shape index (κ2) is 6.29. The van der Waals surface area contributed by atoms with E-state index in [1.165, 1.54) is 41.1 Å². The van der Waals surface area contributed by atoms with Crippen LogP contribution in [0.15, 0.2) is 67.3 Å². The van der Waals surface area contributed by atoms with Crippen molar-refractivity contribution in [2.75, 3.05) is 0 Å². The molecule has 2 aromatic heterocycles. The van der Waals surface area contributed by atoms with Gasteiger partial charge in [0.05, 0.1) is 6.33 Å². The van der Waals surface area contributed by atoms with Crippen LogP contribution in [0.2, 0.25) is 0 Å². The van der Waals surface area contributed by atoms with Gasteiger partial charge in [0.25, 0.3) is 0 Å². The Bertz CT molecular complexity index is 850. The molecule has 3 heteroatoms. The van der Waals surface area contributed by atoms with Gasteiger partial charge in [0.1, 0.15) is 0 Å². The van der Waals surface area contributed by atoms with Crippen molar-refractivity contribution >= 4 is 21.8 Å². The molecule has 0 saturated carbocycles. The molecular weight excluding hydrogens is 282 g/mol. The first-order valence-electron chi connectivity index (χ1n) is 8.35. The predicted molar refractivity (Wildman–Crippen MR) is 95.5 cm³/mol. The Morgan fingerprint density at radius 1 is 0.739 bits per heavy atom. The summed E-state index contributed by atoms with van der Waals surface area (Å²) in [7, 11) is 0. The van der Waals surface area contributed by atoms with Crippen LogP contribution in [-0.2, 0) is 13.1 Å². The van der Waals surface area contributed by atoms with E-state index >= 15 is 0 Å². The fourth-order valence-electron chi connectivity index (χ4n) is 3.40. The lowest BCUT2D eigenvalue weighted by atomic mass is 10.2. The number of unbranched alkanes of at least 4 members (excludes halogenated alkanes) is 2. The molecule has 0 aliphatic heterocycles. The molecule has 0 spiro atoms. The standard InChI is InChI=1S/C20H21N3/c1(6-13-22-15-12-21-16-22)7-14-23-19-10-4-2-8-17(19)18-9-3-5-11-20(18)23/h2-5,8-12,15-16H,1,6-7,13-14H2. The van der Waals surface area contributed by atoms with Gasteiger partial charge in [-0.3, -0.25) is 0 Å². The van der Waals surface area contributed by atoms with E-state index in [1.807, 2.05) is 18.7 Å². The number of para-hydroxylation sites is 2. The Labute approximate surface area is 136 Å². The molecule has 0 aliphatic carbocycles. The Morgan fingerprint density at radius 2 is 1.39 bits per heavy atom. The summed E-state index contributed by atoms with van der Waals surface area (Å²) < 4.78 is 4.63. The Kier molecular flexibility index (Phi) is 3.85. The maximum absolute atomic E-state index is 4.09. The van der Waals surface area contributed by atoms with Gasteiger partial charge in [-0.1, -0.05) is 36.4 Å². The maximum atomic E-state index is 4.09. The zero-order chi connectivity index (χ0) is 15.5. The van der Waals surface area contributed by atoms with E-state index in [1.54, 1.807) is 0 Å². The minimum absolute atomic E-state index is 1.06. The van der Waals surface area contributed by atoms with E-state index in [9.17, 15) is 0 Å². The van der Waals surface area contributed by atoms with Crippen molar-refractivity contribution in [2.45, 2.75) is 32.4 Å². The largest absolute Gasteiger partial charge is 0.340 e. The number of hydrogen-bond donors (Lipinski definition) is 0. The molecule has 4 rings (SSSR count). The van der Waals surface area contributed by atoms with Crippen LogP contribution in [0.1, 0.15) is 19.3 Å². The normalized spacial score (nSPS) is 11.5. The first-order valence-corrected chi connectivity index (χ1v) is 8.35. The number of benzene rings is 2. The third-order valence-electron chi connectivity index (χ3n) is 4.54. The summed E-state index contributed by atoms with van der Waals surface area (Å²) in [4.78, 5) is 4.09. The molecule has 0 amide bonds. The highest BCUT2D eigenvalue weighted by Crippen LogP contribution is 2.28. The fraction of sp³-hybridized carbons (Fsp3) is 0.250. The summed E-state index contributed by atoms with van der Waals surface area (Å²) >= 11 is 0. The van der Waals surface area contributed by atoms with Gasteiger partial charge in [0.2, 0.25) is 0 Å². The van der Waals surface area contributed by atoms with Gasteiger partial charge >= 0.3 is 0 Å². The molecule has 4 aromatic rings. The third-order valence-corrected chi connectivity index (χ3v) is 4.54. The number of rotatable bonds is 6. The van der Waals surface area contributed by atoms with E-state index < -0.39 is 0 Å². The molecule has 0 unspecified atom stereocenters. The molecule has 0 saturated heterocycles. The third kappa shape index (κ3) is 2.74. The summed E-state index contributed by atoms with van der Waals surface area (Å²) in [5.41, 5.74) is 2.70. The topological polar surface area (TPSA) is 22.8 Å². The molecule has 0 N–H and O–H groups in total. The summed E-state index contributed by atoms with van der Waals surface area (Å²) in [5.74, 6) is 0. The van der Waals surface area contributed by atoms with Gasteiger partial charge < -0.3 is 9.13 Å². The molecule has 0 aliphatic rings. The quantitative estimate of drug-likeness (QED) is 0.466. The molecule has 0 fully saturated rings. The van der Waals surface area contributed by atoms with Gasteiger partial charge in [-0.05, 0) is 31.4 Å². The lowest BCUT2D eigenvalue weighted by Crippen LogP contribution is -1.99. The van der Waals surface area contributed by atoms with E-state index in [-0.39, 0.29) is 0 Å². The minimum Gasteiger partial charge on any atom is -0.340 e. The van der Waals surface area contributed by atoms with Gasteiger partial charge in [0.15, 0.2) is 0 Å². The van der Waals surface area contributed by atoms with E-state index in [2.05, 4.69) is 62.6 Å². The Morgan fingerprint density at radius 3 is 2.04 bits per heavy atom. The number of imidazole rings is 1. The first kappa shape index (κ1) is 14.1. The second-order valence-electron chi connectivity index (χ2n) is 6.05. The van der Waals surface area contributed by atoms with Gasteiger partial charge in [-0.15, -0.1) is 0 Å². The maximum Gasteiger partial charge on any atom is 0.0945 e. The molecule has 3 nitrogen and oxygen atoms in total. The van der Waals surface area contributed by atoms with Crippen LogP contribution in [-0.4, -0.2) is 14.1 Å². The summed E-state index contributed by atoms with van der Waals surface area (Å²) in [6, 6.07) is 17.5. The number of nitrogens with zero attached hydrogens (tertiary/aromatic N) is 3.